The quantitative estimate of drug-likeness (QED) is 0.774. The molecular weight excluding hydrogens is 180 g/mol. The maximum absolute atomic E-state index is 3.38. The first kappa shape index (κ1) is 9.19. The Morgan fingerprint density at radius 2 is 2.23 bits per heavy atom. The lowest BCUT2D eigenvalue weighted by molar-refractivity contribution is 0.188. The summed E-state index contributed by atoms with van der Waals surface area (Å²) in [6.45, 7) is 6.93. The summed E-state index contributed by atoms with van der Waals surface area (Å²) in [5, 5.41) is 5.54. The molecule has 2 rings (SSSR count). The fraction of sp³-hybridized carbons (Fsp3) is 0.600. The molecular formula is C10H16N2S. The van der Waals surface area contributed by atoms with Crippen LogP contribution in [-0.4, -0.2) is 31.1 Å². The number of nitrogens with one attached hydrogen (secondary N) is 1. The van der Waals surface area contributed by atoms with Crippen LogP contribution in [0.25, 0.3) is 0 Å². The number of piperazine rings is 1. The van der Waals surface area contributed by atoms with E-state index in [0.29, 0.717) is 6.04 Å². The van der Waals surface area contributed by atoms with Gasteiger partial charge < -0.3 is 5.32 Å². The molecule has 0 aromatic carbocycles. The van der Waals surface area contributed by atoms with Gasteiger partial charge in [-0.1, -0.05) is 6.07 Å². The van der Waals surface area contributed by atoms with Crippen LogP contribution in [0.2, 0.25) is 0 Å². The molecule has 1 N–H and O–H groups in total. The molecule has 0 radical (unpaired) electrons. The predicted octanol–water partition coefficient (Wildman–Crippen LogP) is 1.71. The smallest absolute Gasteiger partial charge is 0.0414 e. The van der Waals surface area contributed by atoms with E-state index in [4.69, 9.17) is 0 Å². The molecule has 1 saturated heterocycles. The Labute approximate surface area is 83.6 Å². The first-order valence-electron chi connectivity index (χ1n) is 4.86. The monoisotopic (exact) mass is 196 g/mol. The van der Waals surface area contributed by atoms with Gasteiger partial charge in [0.15, 0.2) is 0 Å². The van der Waals surface area contributed by atoms with Crippen LogP contribution in [-0.2, 0) is 0 Å². The molecule has 13 heavy (non-hydrogen) atoms. The van der Waals surface area contributed by atoms with Gasteiger partial charge in [0.2, 0.25) is 0 Å². The normalized spacial score (nSPS) is 21.6. The van der Waals surface area contributed by atoms with Crippen LogP contribution in [0.4, 0.5) is 0 Å². The second kappa shape index (κ2) is 4.22. The van der Waals surface area contributed by atoms with Gasteiger partial charge in [-0.2, -0.15) is 0 Å². The predicted molar refractivity (Wildman–Crippen MR) is 57.2 cm³/mol. The van der Waals surface area contributed by atoms with Crippen molar-refractivity contribution in [3.8, 4) is 0 Å². The summed E-state index contributed by atoms with van der Waals surface area (Å²) in [5.74, 6) is 0. The minimum atomic E-state index is 0.599. The third-order valence-electron chi connectivity index (χ3n) is 2.65. The summed E-state index contributed by atoms with van der Waals surface area (Å²) in [5.41, 5.74) is 0. The second-order valence-electron chi connectivity index (χ2n) is 3.48. The van der Waals surface area contributed by atoms with E-state index in [2.05, 4.69) is 34.7 Å². The first-order chi connectivity index (χ1) is 6.38. The van der Waals surface area contributed by atoms with Crippen molar-refractivity contribution in [3.05, 3.63) is 22.4 Å². The van der Waals surface area contributed by atoms with E-state index >= 15 is 0 Å². The Morgan fingerprint density at radius 3 is 2.85 bits per heavy atom. The van der Waals surface area contributed by atoms with Gasteiger partial charge in [0.05, 0.1) is 0 Å². The van der Waals surface area contributed by atoms with Crippen molar-refractivity contribution in [1.29, 1.82) is 0 Å². The highest BCUT2D eigenvalue weighted by Crippen LogP contribution is 2.24. The summed E-state index contributed by atoms with van der Waals surface area (Å²) in [4.78, 5) is 4.03. The largest absolute Gasteiger partial charge is 0.314 e. The van der Waals surface area contributed by atoms with E-state index in [1.807, 2.05) is 11.3 Å². The van der Waals surface area contributed by atoms with E-state index in [9.17, 15) is 0 Å². The van der Waals surface area contributed by atoms with Crippen LogP contribution in [0, 0.1) is 0 Å². The van der Waals surface area contributed by atoms with Gasteiger partial charge in [-0.15, -0.1) is 11.3 Å². The van der Waals surface area contributed by atoms with Crippen LogP contribution in [0.15, 0.2) is 17.5 Å². The van der Waals surface area contributed by atoms with Crippen molar-refractivity contribution in [2.75, 3.05) is 26.2 Å². The topological polar surface area (TPSA) is 15.3 Å². The SMILES string of the molecule is C[C@@H](c1cccs1)N1CCNCC1. The molecule has 1 aromatic rings. The van der Waals surface area contributed by atoms with Crippen molar-refractivity contribution in [2.45, 2.75) is 13.0 Å². The molecule has 0 aliphatic carbocycles. The average Bonchev–Trinajstić information content (AvgIpc) is 2.71. The summed E-state index contributed by atoms with van der Waals surface area (Å²) in [6, 6.07) is 4.97. The van der Waals surface area contributed by atoms with E-state index in [1.165, 1.54) is 18.0 Å². The van der Waals surface area contributed by atoms with Gasteiger partial charge in [0, 0.05) is 37.1 Å². The Bertz CT molecular complexity index is 239. The highest BCUT2D eigenvalue weighted by atomic mass is 32.1. The van der Waals surface area contributed by atoms with Gasteiger partial charge in [0.1, 0.15) is 0 Å². The molecule has 2 heterocycles. The highest BCUT2D eigenvalue weighted by Gasteiger charge is 2.17. The summed E-state index contributed by atoms with van der Waals surface area (Å²) >= 11 is 1.86. The number of thiophene rings is 1. The molecule has 0 amide bonds. The maximum atomic E-state index is 3.38. The second-order valence-corrected chi connectivity index (χ2v) is 4.46. The first-order valence-corrected chi connectivity index (χ1v) is 5.74. The van der Waals surface area contributed by atoms with Gasteiger partial charge >= 0.3 is 0 Å². The molecule has 3 heteroatoms. The summed E-state index contributed by atoms with van der Waals surface area (Å²) in [7, 11) is 0. The van der Waals surface area contributed by atoms with E-state index in [1.54, 1.807) is 0 Å². The van der Waals surface area contributed by atoms with Crippen molar-refractivity contribution < 1.29 is 0 Å². The molecule has 1 atom stereocenters. The van der Waals surface area contributed by atoms with Crippen molar-refractivity contribution in [2.24, 2.45) is 0 Å². The lowest BCUT2D eigenvalue weighted by Crippen LogP contribution is -2.44. The molecule has 0 unspecified atom stereocenters. The highest BCUT2D eigenvalue weighted by molar-refractivity contribution is 7.10. The Balaban J connectivity index is 1.99. The minimum absolute atomic E-state index is 0.599. The number of hydrogen-bond acceptors (Lipinski definition) is 3. The molecule has 1 fully saturated rings. The molecule has 1 aliphatic heterocycles. The number of hydrogen-bond donors (Lipinski definition) is 1. The van der Waals surface area contributed by atoms with Crippen LogP contribution in [0.1, 0.15) is 17.8 Å². The number of nitrogens with zero attached hydrogens (tertiary/aromatic N) is 1. The molecule has 0 bridgehead atoms. The molecule has 2 nitrogen and oxygen atoms in total. The van der Waals surface area contributed by atoms with Crippen molar-refractivity contribution >= 4 is 11.3 Å². The zero-order chi connectivity index (χ0) is 9.10. The molecule has 72 valence electrons. The molecule has 0 spiro atoms. The van der Waals surface area contributed by atoms with Crippen LogP contribution in [0.5, 0.6) is 0 Å². The lowest BCUT2D eigenvalue weighted by atomic mass is 10.2. The molecule has 1 aromatic heterocycles. The Kier molecular flexibility index (Phi) is 2.98. The fourth-order valence-corrected chi connectivity index (χ4v) is 2.60. The minimum Gasteiger partial charge on any atom is -0.314 e. The van der Waals surface area contributed by atoms with E-state index in [0.717, 1.165) is 13.1 Å². The van der Waals surface area contributed by atoms with Crippen LogP contribution in [0.3, 0.4) is 0 Å². The lowest BCUT2D eigenvalue weighted by Gasteiger charge is -2.32. The van der Waals surface area contributed by atoms with E-state index in [-0.39, 0.29) is 0 Å². The zero-order valence-corrected chi connectivity index (χ0v) is 8.81. The standard InChI is InChI=1S/C10H16N2S/c1-9(10-3-2-8-13-10)12-6-4-11-5-7-12/h2-3,8-9,11H,4-7H2,1H3/t9-/m0/s1. The third-order valence-corrected chi connectivity index (χ3v) is 3.70. The van der Waals surface area contributed by atoms with Gasteiger partial charge in [-0.3, -0.25) is 4.90 Å². The average molecular weight is 196 g/mol. The van der Waals surface area contributed by atoms with Gasteiger partial charge in [-0.25, -0.2) is 0 Å². The van der Waals surface area contributed by atoms with E-state index < -0.39 is 0 Å². The van der Waals surface area contributed by atoms with Crippen LogP contribution >= 0.6 is 11.3 Å². The van der Waals surface area contributed by atoms with Crippen LogP contribution < -0.4 is 5.32 Å². The summed E-state index contributed by atoms with van der Waals surface area (Å²) in [6.07, 6.45) is 0. The Morgan fingerprint density at radius 1 is 1.46 bits per heavy atom. The molecule has 0 saturated carbocycles. The summed E-state index contributed by atoms with van der Waals surface area (Å²) < 4.78 is 0. The number of rotatable bonds is 2. The third kappa shape index (κ3) is 2.10. The fourth-order valence-electron chi connectivity index (χ4n) is 1.78. The zero-order valence-electron chi connectivity index (χ0n) is 7.99. The van der Waals surface area contributed by atoms with Crippen molar-refractivity contribution in [3.63, 3.8) is 0 Å². The van der Waals surface area contributed by atoms with Gasteiger partial charge in [0.25, 0.3) is 0 Å². The van der Waals surface area contributed by atoms with Gasteiger partial charge in [-0.05, 0) is 18.4 Å². The maximum Gasteiger partial charge on any atom is 0.0414 e. The molecule has 1 aliphatic rings. The van der Waals surface area contributed by atoms with Crippen molar-refractivity contribution in [1.82, 2.24) is 10.2 Å². The Hall–Kier alpha value is -0.380.